The van der Waals surface area contributed by atoms with Gasteiger partial charge in [0.25, 0.3) is 0 Å². The van der Waals surface area contributed by atoms with Crippen molar-refractivity contribution in [1.82, 2.24) is 9.88 Å². The smallest absolute Gasteiger partial charge is 0.322 e. The maximum absolute atomic E-state index is 12.8. The number of nitrogens with zero attached hydrogens (tertiary/aromatic N) is 3. The highest BCUT2D eigenvalue weighted by Gasteiger charge is 2.20. The molecule has 0 radical (unpaired) electrons. The maximum Gasteiger partial charge on any atom is 0.322 e. The molecule has 2 aromatic carbocycles. The molecule has 5 nitrogen and oxygen atoms in total. The number of hydrogen-bond acceptors (Lipinski definition) is 3. The van der Waals surface area contributed by atoms with Crippen molar-refractivity contribution in [3.05, 3.63) is 77.9 Å². The first kappa shape index (κ1) is 18.7. The fourth-order valence-corrected chi connectivity index (χ4v) is 4.33. The lowest BCUT2D eigenvalue weighted by atomic mass is 10.0. The van der Waals surface area contributed by atoms with Crippen LogP contribution in [0.25, 0.3) is 11.3 Å². The highest BCUT2D eigenvalue weighted by molar-refractivity contribution is 5.90. The molecular weight excluding hydrogens is 372 g/mol. The monoisotopic (exact) mass is 398 g/mol. The number of rotatable bonds is 3. The highest BCUT2D eigenvalue weighted by Crippen LogP contribution is 2.26. The Morgan fingerprint density at radius 2 is 1.67 bits per heavy atom. The van der Waals surface area contributed by atoms with Crippen LogP contribution in [0.1, 0.15) is 24.0 Å². The molecule has 2 aliphatic rings. The second-order valence-corrected chi connectivity index (χ2v) is 8.03. The van der Waals surface area contributed by atoms with Crippen molar-refractivity contribution < 1.29 is 4.79 Å². The van der Waals surface area contributed by atoms with Crippen LogP contribution in [0, 0.1) is 0 Å². The van der Waals surface area contributed by atoms with Gasteiger partial charge in [-0.15, -0.1) is 0 Å². The molecule has 1 aromatic heterocycles. The van der Waals surface area contributed by atoms with Gasteiger partial charge in [0.2, 0.25) is 0 Å². The molecule has 0 aliphatic carbocycles. The van der Waals surface area contributed by atoms with Crippen LogP contribution < -0.4 is 10.2 Å². The first-order chi connectivity index (χ1) is 14.8. The quantitative estimate of drug-likeness (QED) is 0.680. The summed E-state index contributed by atoms with van der Waals surface area (Å²) in [6, 6.07) is 22.4. The Morgan fingerprint density at radius 3 is 2.53 bits per heavy atom. The van der Waals surface area contributed by atoms with Crippen molar-refractivity contribution in [3.63, 3.8) is 0 Å². The van der Waals surface area contributed by atoms with E-state index in [-0.39, 0.29) is 6.03 Å². The van der Waals surface area contributed by atoms with E-state index >= 15 is 0 Å². The molecule has 1 fully saturated rings. The van der Waals surface area contributed by atoms with Crippen molar-refractivity contribution >= 4 is 17.5 Å². The van der Waals surface area contributed by atoms with Crippen molar-refractivity contribution in [2.75, 3.05) is 29.9 Å². The summed E-state index contributed by atoms with van der Waals surface area (Å²) in [6.07, 6.45) is 3.36. The topological polar surface area (TPSA) is 48.5 Å². The zero-order chi connectivity index (χ0) is 20.3. The number of pyridine rings is 1. The van der Waals surface area contributed by atoms with Gasteiger partial charge >= 0.3 is 6.03 Å². The Balaban J connectivity index is 1.31. The Labute approximate surface area is 177 Å². The molecule has 3 heterocycles. The Morgan fingerprint density at radius 1 is 0.867 bits per heavy atom. The molecule has 3 aromatic rings. The molecule has 1 N–H and O–H groups in total. The number of nitrogens with one attached hydrogen (secondary N) is 1. The number of anilines is 2. The molecule has 5 rings (SSSR count). The molecule has 0 saturated carbocycles. The third-order valence-electron chi connectivity index (χ3n) is 5.99. The predicted octanol–water partition coefficient (Wildman–Crippen LogP) is 4.94. The van der Waals surface area contributed by atoms with E-state index in [1.807, 2.05) is 41.3 Å². The third kappa shape index (κ3) is 3.88. The average Bonchev–Trinajstić information content (AvgIpc) is 3.34. The van der Waals surface area contributed by atoms with Gasteiger partial charge in [0, 0.05) is 37.4 Å². The second kappa shape index (κ2) is 8.19. The minimum atomic E-state index is -0.0552. The van der Waals surface area contributed by atoms with Crippen LogP contribution in [0.2, 0.25) is 0 Å². The lowest BCUT2D eigenvalue weighted by molar-refractivity contribution is 0.206. The summed E-state index contributed by atoms with van der Waals surface area (Å²) in [4.78, 5) is 21.9. The number of carbonyl (C=O) groups excluding carboxylic acids is 1. The largest absolute Gasteiger partial charge is 0.357 e. The minimum Gasteiger partial charge on any atom is -0.357 e. The maximum atomic E-state index is 12.8. The van der Waals surface area contributed by atoms with Gasteiger partial charge in [0.15, 0.2) is 0 Å². The molecule has 5 heteroatoms. The molecule has 152 valence electrons. The number of amides is 2. The summed E-state index contributed by atoms with van der Waals surface area (Å²) in [5.41, 5.74) is 5.31. The number of hydrogen-bond donors (Lipinski definition) is 1. The zero-order valence-electron chi connectivity index (χ0n) is 17.1. The summed E-state index contributed by atoms with van der Waals surface area (Å²) in [6.45, 7) is 3.54. The molecule has 2 amide bonds. The van der Waals surface area contributed by atoms with Crippen molar-refractivity contribution in [2.45, 2.75) is 25.8 Å². The summed E-state index contributed by atoms with van der Waals surface area (Å²) >= 11 is 0. The second-order valence-electron chi connectivity index (χ2n) is 8.03. The molecule has 1 saturated heterocycles. The molecule has 0 unspecified atom stereocenters. The molecular formula is C25H26N4O. The van der Waals surface area contributed by atoms with Crippen LogP contribution in [0.4, 0.5) is 16.3 Å². The number of urea groups is 1. The van der Waals surface area contributed by atoms with Crippen LogP contribution in [0.15, 0.2) is 66.7 Å². The number of aromatic nitrogens is 1. The number of carbonyl (C=O) groups is 1. The first-order valence-corrected chi connectivity index (χ1v) is 10.7. The van der Waals surface area contributed by atoms with E-state index in [4.69, 9.17) is 4.98 Å². The van der Waals surface area contributed by atoms with Gasteiger partial charge in [0.1, 0.15) is 5.82 Å². The highest BCUT2D eigenvalue weighted by atomic mass is 16.2. The van der Waals surface area contributed by atoms with Gasteiger partial charge in [-0.2, -0.15) is 0 Å². The summed E-state index contributed by atoms with van der Waals surface area (Å²) in [7, 11) is 0. The molecule has 0 bridgehead atoms. The van der Waals surface area contributed by atoms with Gasteiger partial charge in [-0.25, -0.2) is 9.78 Å². The molecule has 0 spiro atoms. The number of fused-ring (bicyclic) bond motifs is 1. The summed E-state index contributed by atoms with van der Waals surface area (Å²) < 4.78 is 0. The van der Waals surface area contributed by atoms with Crippen molar-refractivity contribution in [1.29, 1.82) is 0 Å². The molecule has 0 atom stereocenters. The minimum absolute atomic E-state index is 0.0552. The van der Waals surface area contributed by atoms with E-state index in [9.17, 15) is 4.79 Å². The third-order valence-corrected chi connectivity index (χ3v) is 5.99. The summed E-state index contributed by atoms with van der Waals surface area (Å²) in [5.74, 6) is 1.03. The Kier molecular flexibility index (Phi) is 5.10. The van der Waals surface area contributed by atoms with E-state index in [1.54, 1.807) is 0 Å². The van der Waals surface area contributed by atoms with E-state index in [0.29, 0.717) is 6.54 Å². The predicted molar refractivity (Wildman–Crippen MR) is 121 cm³/mol. The normalized spacial score (nSPS) is 15.7. The first-order valence-electron chi connectivity index (χ1n) is 10.7. The van der Waals surface area contributed by atoms with Crippen LogP contribution in [0.3, 0.4) is 0 Å². The van der Waals surface area contributed by atoms with E-state index in [0.717, 1.165) is 48.8 Å². The van der Waals surface area contributed by atoms with Crippen LogP contribution in [-0.4, -0.2) is 35.5 Å². The fourth-order valence-electron chi connectivity index (χ4n) is 4.33. The Bertz CT molecular complexity index is 1060. The van der Waals surface area contributed by atoms with E-state index < -0.39 is 0 Å². The number of benzene rings is 2. The van der Waals surface area contributed by atoms with Gasteiger partial charge in [0.05, 0.1) is 5.69 Å². The van der Waals surface area contributed by atoms with Crippen LogP contribution in [-0.2, 0) is 13.0 Å². The lowest BCUT2D eigenvalue weighted by Crippen LogP contribution is -2.38. The van der Waals surface area contributed by atoms with Crippen molar-refractivity contribution in [3.8, 4) is 11.3 Å². The van der Waals surface area contributed by atoms with Gasteiger partial charge in [-0.3, -0.25) is 0 Å². The fraction of sp³-hybridized carbons (Fsp3) is 0.280. The summed E-state index contributed by atoms with van der Waals surface area (Å²) in [5, 5.41) is 3.07. The van der Waals surface area contributed by atoms with Gasteiger partial charge in [-0.1, -0.05) is 42.5 Å². The molecule has 30 heavy (non-hydrogen) atoms. The van der Waals surface area contributed by atoms with Gasteiger partial charge < -0.3 is 15.1 Å². The van der Waals surface area contributed by atoms with Gasteiger partial charge in [-0.05, 0) is 54.7 Å². The Hall–Kier alpha value is -3.34. The lowest BCUT2D eigenvalue weighted by Gasteiger charge is -2.29. The van der Waals surface area contributed by atoms with E-state index in [2.05, 4.69) is 40.5 Å². The van der Waals surface area contributed by atoms with Crippen molar-refractivity contribution in [2.24, 2.45) is 0 Å². The van der Waals surface area contributed by atoms with E-state index in [1.165, 1.54) is 24.0 Å². The zero-order valence-corrected chi connectivity index (χ0v) is 17.1. The van der Waals surface area contributed by atoms with Crippen LogP contribution >= 0.6 is 0 Å². The average molecular weight is 399 g/mol. The van der Waals surface area contributed by atoms with Crippen LogP contribution in [0.5, 0.6) is 0 Å². The SMILES string of the molecule is O=C(Nc1cccc(-c2cccc(N3CCCC3)n2)c1)N1CCc2ccccc2C1. The molecule has 2 aliphatic heterocycles. The standard InChI is InChI=1S/C25H26N4O/c30-25(29-16-13-19-7-1-2-8-21(19)18-29)26-22-10-5-9-20(17-22)23-11-6-12-24(27-23)28-14-3-4-15-28/h1-2,5-12,17H,3-4,13-16,18H2,(H,26,30).